The minimum Gasteiger partial charge on any atom is -0.341 e. The summed E-state index contributed by atoms with van der Waals surface area (Å²) in [5.74, 6) is 0.800. The van der Waals surface area contributed by atoms with E-state index in [0.29, 0.717) is 37.9 Å². The first-order valence-electron chi connectivity index (χ1n) is 10.4. The number of aryl methyl sites for hydroxylation is 1. The Kier molecular flexibility index (Phi) is 10.5. The fourth-order valence-electron chi connectivity index (χ4n) is 3.66. The monoisotopic (exact) mass is 424 g/mol. The SMILES string of the molecule is Cc1ccc(CNC(=O)NC(CC(C)C)C(=O)N2CCC(C(C)N)CC2)cc1.Cl. The number of carbonyl (C=O) groups is 2. The summed E-state index contributed by atoms with van der Waals surface area (Å²) in [7, 11) is 0. The van der Waals surface area contributed by atoms with Crippen molar-refractivity contribution in [3.05, 3.63) is 35.4 Å². The van der Waals surface area contributed by atoms with Gasteiger partial charge in [0.15, 0.2) is 0 Å². The van der Waals surface area contributed by atoms with Gasteiger partial charge in [0, 0.05) is 25.7 Å². The molecule has 164 valence electrons. The number of nitrogens with zero attached hydrogens (tertiary/aromatic N) is 1. The first kappa shape index (κ1) is 25.2. The molecule has 1 aliphatic heterocycles. The van der Waals surface area contributed by atoms with Crippen LogP contribution in [0.15, 0.2) is 24.3 Å². The van der Waals surface area contributed by atoms with E-state index in [1.165, 1.54) is 5.56 Å². The number of carbonyl (C=O) groups excluding carboxylic acids is 2. The average molecular weight is 425 g/mol. The van der Waals surface area contributed by atoms with Crippen LogP contribution >= 0.6 is 12.4 Å². The van der Waals surface area contributed by atoms with Crippen LogP contribution in [0, 0.1) is 18.8 Å². The number of rotatable bonds is 7. The van der Waals surface area contributed by atoms with Crippen LogP contribution in [-0.4, -0.2) is 42.0 Å². The Morgan fingerprint density at radius 1 is 1.14 bits per heavy atom. The third kappa shape index (κ3) is 8.23. The summed E-state index contributed by atoms with van der Waals surface area (Å²) < 4.78 is 0. The lowest BCUT2D eigenvalue weighted by Crippen LogP contribution is -2.53. The minimum atomic E-state index is -0.495. The van der Waals surface area contributed by atoms with Crippen LogP contribution in [0.4, 0.5) is 4.79 Å². The fourth-order valence-corrected chi connectivity index (χ4v) is 3.66. The smallest absolute Gasteiger partial charge is 0.315 e. The summed E-state index contributed by atoms with van der Waals surface area (Å²) in [6, 6.07) is 7.39. The average Bonchev–Trinajstić information content (AvgIpc) is 2.66. The molecule has 0 bridgehead atoms. The van der Waals surface area contributed by atoms with E-state index in [-0.39, 0.29) is 30.4 Å². The molecule has 0 aliphatic carbocycles. The number of hydrogen-bond acceptors (Lipinski definition) is 3. The number of piperidine rings is 1. The van der Waals surface area contributed by atoms with Crippen LogP contribution in [0.1, 0.15) is 51.2 Å². The van der Waals surface area contributed by atoms with Crippen molar-refractivity contribution in [3.63, 3.8) is 0 Å². The normalized spacial score (nSPS) is 16.7. The molecule has 2 atom stereocenters. The van der Waals surface area contributed by atoms with Crippen LogP contribution in [0.2, 0.25) is 0 Å². The molecule has 2 unspecified atom stereocenters. The second-order valence-corrected chi connectivity index (χ2v) is 8.52. The van der Waals surface area contributed by atoms with Gasteiger partial charge in [-0.25, -0.2) is 4.79 Å². The Balaban J connectivity index is 0.00000420. The van der Waals surface area contributed by atoms with Crippen molar-refractivity contribution in [2.24, 2.45) is 17.6 Å². The molecule has 2 rings (SSSR count). The van der Waals surface area contributed by atoms with E-state index in [4.69, 9.17) is 5.73 Å². The Hall–Kier alpha value is -1.79. The zero-order chi connectivity index (χ0) is 20.7. The highest BCUT2D eigenvalue weighted by molar-refractivity contribution is 5.87. The predicted molar refractivity (Wildman–Crippen MR) is 120 cm³/mol. The molecule has 1 heterocycles. The van der Waals surface area contributed by atoms with Gasteiger partial charge < -0.3 is 21.3 Å². The summed E-state index contributed by atoms with van der Waals surface area (Å²) in [6.45, 7) is 10.1. The van der Waals surface area contributed by atoms with E-state index in [0.717, 1.165) is 18.4 Å². The number of amides is 3. The van der Waals surface area contributed by atoms with E-state index in [9.17, 15) is 9.59 Å². The molecule has 6 nitrogen and oxygen atoms in total. The molecular formula is C22H37ClN4O2. The molecule has 3 amide bonds. The fraction of sp³-hybridized carbons (Fsp3) is 0.636. The molecule has 29 heavy (non-hydrogen) atoms. The zero-order valence-electron chi connectivity index (χ0n) is 18.1. The summed E-state index contributed by atoms with van der Waals surface area (Å²) in [4.78, 5) is 27.3. The van der Waals surface area contributed by atoms with Crippen LogP contribution < -0.4 is 16.4 Å². The van der Waals surface area contributed by atoms with Gasteiger partial charge in [0.1, 0.15) is 6.04 Å². The quantitative estimate of drug-likeness (QED) is 0.628. The van der Waals surface area contributed by atoms with Crippen LogP contribution in [0.25, 0.3) is 0 Å². The first-order valence-corrected chi connectivity index (χ1v) is 10.4. The van der Waals surface area contributed by atoms with Crippen molar-refractivity contribution in [2.45, 2.75) is 65.6 Å². The zero-order valence-corrected chi connectivity index (χ0v) is 18.9. The molecule has 0 saturated carbocycles. The van der Waals surface area contributed by atoms with Gasteiger partial charge in [0.05, 0.1) is 0 Å². The predicted octanol–water partition coefficient (Wildman–Crippen LogP) is 3.22. The molecule has 1 aromatic carbocycles. The lowest BCUT2D eigenvalue weighted by Gasteiger charge is -2.36. The van der Waals surface area contributed by atoms with Crippen LogP contribution in [-0.2, 0) is 11.3 Å². The Bertz CT molecular complexity index is 641. The third-order valence-electron chi connectivity index (χ3n) is 5.48. The Labute approximate surface area is 181 Å². The summed E-state index contributed by atoms with van der Waals surface area (Å²) in [5.41, 5.74) is 8.22. The Morgan fingerprint density at radius 3 is 2.24 bits per heavy atom. The van der Waals surface area contributed by atoms with Crippen LogP contribution in [0.3, 0.4) is 0 Å². The number of nitrogens with one attached hydrogen (secondary N) is 2. The molecule has 7 heteroatoms. The topological polar surface area (TPSA) is 87.5 Å². The van der Waals surface area contributed by atoms with Gasteiger partial charge in [-0.2, -0.15) is 0 Å². The van der Waals surface area contributed by atoms with Crippen molar-refractivity contribution in [1.29, 1.82) is 0 Å². The molecule has 4 N–H and O–H groups in total. The Morgan fingerprint density at radius 2 is 1.72 bits per heavy atom. The number of nitrogens with two attached hydrogens (primary N) is 1. The van der Waals surface area contributed by atoms with E-state index in [1.54, 1.807) is 0 Å². The van der Waals surface area contributed by atoms with Crippen LogP contribution in [0.5, 0.6) is 0 Å². The van der Waals surface area contributed by atoms with Gasteiger partial charge in [0.25, 0.3) is 0 Å². The van der Waals surface area contributed by atoms with Gasteiger partial charge >= 0.3 is 6.03 Å². The van der Waals surface area contributed by atoms with E-state index in [1.807, 2.05) is 43.0 Å². The molecule has 1 aliphatic rings. The summed E-state index contributed by atoms with van der Waals surface area (Å²) >= 11 is 0. The highest BCUT2D eigenvalue weighted by atomic mass is 35.5. The minimum absolute atomic E-state index is 0. The van der Waals surface area contributed by atoms with Gasteiger partial charge in [0.2, 0.25) is 5.91 Å². The van der Waals surface area contributed by atoms with E-state index < -0.39 is 6.04 Å². The van der Waals surface area contributed by atoms with Gasteiger partial charge in [-0.15, -0.1) is 12.4 Å². The lowest BCUT2D eigenvalue weighted by atomic mass is 9.90. The second kappa shape index (κ2) is 12.0. The summed E-state index contributed by atoms with van der Waals surface area (Å²) in [5, 5.41) is 5.76. The molecule has 1 fully saturated rings. The van der Waals surface area contributed by atoms with Crippen molar-refractivity contribution in [3.8, 4) is 0 Å². The third-order valence-corrected chi connectivity index (χ3v) is 5.48. The number of hydrogen-bond donors (Lipinski definition) is 3. The van der Waals surface area contributed by atoms with Crippen molar-refractivity contribution < 1.29 is 9.59 Å². The van der Waals surface area contributed by atoms with Gasteiger partial charge in [-0.3, -0.25) is 4.79 Å². The second-order valence-electron chi connectivity index (χ2n) is 8.52. The molecular weight excluding hydrogens is 388 g/mol. The standard InChI is InChI=1S/C22H36N4O2.ClH/c1-15(2)13-20(21(27)26-11-9-19(10-12-26)17(4)23)25-22(28)24-14-18-7-5-16(3)6-8-18;/h5-8,15,17,19-20H,9-14,23H2,1-4H3,(H2,24,25,28);1H. The molecule has 0 radical (unpaired) electrons. The maximum Gasteiger partial charge on any atom is 0.315 e. The maximum absolute atomic E-state index is 13.0. The number of likely N-dealkylation sites (tertiary alicyclic amines) is 1. The number of urea groups is 1. The molecule has 0 spiro atoms. The highest BCUT2D eigenvalue weighted by Crippen LogP contribution is 2.21. The van der Waals surface area contributed by atoms with Crippen molar-refractivity contribution >= 4 is 24.3 Å². The largest absolute Gasteiger partial charge is 0.341 e. The first-order chi connectivity index (χ1) is 13.3. The highest BCUT2D eigenvalue weighted by Gasteiger charge is 2.30. The molecule has 0 aromatic heterocycles. The molecule has 1 aromatic rings. The summed E-state index contributed by atoms with van der Waals surface area (Å²) in [6.07, 6.45) is 2.48. The van der Waals surface area contributed by atoms with E-state index >= 15 is 0 Å². The van der Waals surface area contributed by atoms with Gasteiger partial charge in [-0.1, -0.05) is 43.7 Å². The maximum atomic E-state index is 13.0. The number of benzene rings is 1. The van der Waals surface area contributed by atoms with Crippen molar-refractivity contribution in [2.75, 3.05) is 13.1 Å². The van der Waals surface area contributed by atoms with Crippen molar-refractivity contribution in [1.82, 2.24) is 15.5 Å². The molecule has 1 saturated heterocycles. The van der Waals surface area contributed by atoms with E-state index in [2.05, 4.69) is 24.5 Å². The number of halogens is 1. The van der Waals surface area contributed by atoms with Gasteiger partial charge in [-0.05, 0) is 50.5 Å². The lowest BCUT2D eigenvalue weighted by molar-refractivity contribution is -0.135.